The average molecular weight is 297 g/mol. The van der Waals surface area contributed by atoms with E-state index in [1.807, 2.05) is 0 Å². The number of carbonyl (C=O) groups is 1. The Morgan fingerprint density at radius 2 is 1.95 bits per heavy atom. The van der Waals surface area contributed by atoms with Crippen LogP contribution in [0.25, 0.3) is 11.1 Å². The second-order valence-electron chi connectivity index (χ2n) is 3.99. The van der Waals surface area contributed by atoms with E-state index in [0.717, 1.165) is 0 Å². The molecule has 21 heavy (non-hydrogen) atoms. The van der Waals surface area contributed by atoms with Crippen molar-refractivity contribution in [2.75, 3.05) is 7.11 Å². The van der Waals surface area contributed by atoms with Crippen LogP contribution in [0.5, 0.6) is 11.6 Å². The summed E-state index contributed by atoms with van der Waals surface area (Å²) in [4.78, 5) is 14.6. The number of pyridine rings is 1. The van der Waals surface area contributed by atoms with Crippen molar-refractivity contribution >= 4 is 6.29 Å². The molecule has 7 heteroatoms. The molecule has 110 valence electrons. The normalized spacial score (nSPS) is 11.0. The fraction of sp³-hybridized carbons (Fsp3) is 0.143. The van der Waals surface area contributed by atoms with Crippen LogP contribution in [0.15, 0.2) is 36.4 Å². The number of hydrogen-bond acceptors (Lipinski definition) is 4. The highest BCUT2D eigenvalue weighted by molar-refractivity contribution is 5.76. The van der Waals surface area contributed by atoms with Crippen LogP contribution in [0.2, 0.25) is 0 Å². The van der Waals surface area contributed by atoms with Crippen molar-refractivity contribution in [3.05, 3.63) is 42.1 Å². The molecule has 1 aromatic carbocycles. The SMILES string of the molecule is COc1nc(C=O)ccc1-c1cccc(OC(F)(F)F)c1. The second-order valence-corrected chi connectivity index (χ2v) is 3.99. The molecule has 0 amide bonds. The van der Waals surface area contributed by atoms with Gasteiger partial charge in [0.2, 0.25) is 5.88 Å². The van der Waals surface area contributed by atoms with Crippen molar-refractivity contribution in [3.8, 4) is 22.8 Å². The second kappa shape index (κ2) is 5.82. The van der Waals surface area contributed by atoms with E-state index in [2.05, 4.69) is 9.72 Å². The number of alkyl halides is 3. The molecular weight excluding hydrogens is 287 g/mol. The fourth-order valence-electron chi connectivity index (χ4n) is 1.76. The highest BCUT2D eigenvalue weighted by Gasteiger charge is 2.31. The first kappa shape index (κ1) is 14.8. The third kappa shape index (κ3) is 3.71. The van der Waals surface area contributed by atoms with Gasteiger partial charge >= 0.3 is 6.36 Å². The van der Waals surface area contributed by atoms with Crippen LogP contribution in [-0.2, 0) is 0 Å². The van der Waals surface area contributed by atoms with Crippen LogP contribution in [0.1, 0.15) is 10.5 Å². The van der Waals surface area contributed by atoms with E-state index in [0.29, 0.717) is 17.4 Å². The summed E-state index contributed by atoms with van der Waals surface area (Å²) < 4.78 is 45.6. The lowest BCUT2D eigenvalue weighted by atomic mass is 10.1. The first-order valence-corrected chi connectivity index (χ1v) is 5.79. The number of aldehydes is 1. The monoisotopic (exact) mass is 297 g/mol. The molecule has 0 N–H and O–H groups in total. The zero-order chi connectivity index (χ0) is 15.5. The number of benzene rings is 1. The van der Waals surface area contributed by atoms with Gasteiger partial charge in [-0.3, -0.25) is 4.79 Å². The van der Waals surface area contributed by atoms with Crippen LogP contribution in [0, 0.1) is 0 Å². The van der Waals surface area contributed by atoms with Crippen LogP contribution >= 0.6 is 0 Å². The molecule has 0 aliphatic rings. The molecule has 0 saturated heterocycles. The van der Waals surface area contributed by atoms with Crippen LogP contribution < -0.4 is 9.47 Å². The Bertz CT molecular complexity index is 656. The van der Waals surface area contributed by atoms with E-state index in [1.165, 1.54) is 31.4 Å². The predicted molar refractivity (Wildman–Crippen MR) is 68.3 cm³/mol. The van der Waals surface area contributed by atoms with Gasteiger partial charge < -0.3 is 9.47 Å². The Kier molecular flexibility index (Phi) is 4.11. The first-order chi connectivity index (χ1) is 9.93. The number of carbonyl (C=O) groups excluding carboxylic acids is 1. The Morgan fingerprint density at radius 3 is 2.57 bits per heavy atom. The van der Waals surface area contributed by atoms with Crippen molar-refractivity contribution < 1.29 is 27.4 Å². The number of rotatable bonds is 4. The number of methoxy groups -OCH3 is 1. The number of halogens is 3. The Balaban J connectivity index is 2.42. The third-order valence-electron chi connectivity index (χ3n) is 2.57. The molecule has 0 spiro atoms. The van der Waals surface area contributed by atoms with Gasteiger partial charge in [0.15, 0.2) is 6.29 Å². The topological polar surface area (TPSA) is 48.4 Å². The van der Waals surface area contributed by atoms with E-state index < -0.39 is 6.36 Å². The summed E-state index contributed by atoms with van der Waals surface area (Å²) in [5.74, 6) is -0.203. The van der Waals surface area contributed by atoms with Crippen molar-refractivity contribution in [1.82, 2.24) is 4.98 Å². The quantitative estimate of drug-likeness (QED) is 0.811. The molecule has 0 unspecified atom stereocenters. The van der Waals surface area contributed by atoms with E-state index >= 15 is 0 Å². The average Bonchev–Trinajstić information content (AvgIpc) is 2.45. The minimum atomic E-state index is -4.76. The van der Waals surface area contributed by atoms with E-state index in [4.69, 9.17) is 4.74 Å². The maximum Gasteiger partial charge on any atom is 0.573 e. The maximum absolute atomic E-state index is 12.2. The van der Waals surface area contributed by atoms with Gasteiger partial charge in [0, 0.05) is 5.56 Å². The molecule has 2 rings (SSSR count). The summed E-state index contributed by atoms with van der Waals surface area (Å²) in [6.45, 7) is 0. The summed E-state index contributed by atoms with van der Waals surface area (Å²) >= 11 is 0. The molecule has 0 saturated carbocycles. The lowest BCUT2D eigenvalue weighted by Crippen LogP contribution is -2.17. The highest BCUT2D eigenvalue weighted by atomic mass is 19.4. The Morgan fingerprint density at radius 1 is 1.19 bits per heavy atom. The largest absolute Gasteiger partial charge is 0.573 e. The summed E-state index contributed by atoms with van der Waals surface area (Å²) in [6, 6.07) is 8.40. The summed E-state index contributed by atoms with van der Waals surface area (Å²) in [7, 11) is 1.36. The van der Waals surface area contributed by atoms with Gasteiger partial charge in [-0.25, -0.2) is 4.98 Å². The molecule has 0 aliphatic carbocycles. The molecule has 0 aliphatic heterocycles. The maximum atomic E-state index is 12.2. The number of ether oxygens (including phenoxy) is 2. The number of aromatic nitrogens is 1. The molecule has 2 aromatic rings. The fourth-order valence-corrected chi connectivity index (χ4v) is 1.76. The number of nitrogens with zero attached hydrogens (tertiary/aromatic N) is 1. The number of hydrogen-bond donors (Lipinski definition) is 0. The zero-order valence-corrected chi connectivity index (χ0v) is 10.8. The van der Waals surface area contributed by atoms with Crippen LogP contribution in [-0.4, -0.2) is 24.7 Å². The molecule has 1 aromatic heterocycles. The van der Waals surface area contributed by atoms with Crippen molar-refractivity contribution in [2.24, 2.45) is 0 Å². The van der Waals surface area contributed by atoms with Gasteiger partial charge in [-0.2, -0.15) is 0 Å². The smallest absolute Gasteiger partial charge is 0.481 e. The standard InChI is InChI=1S/C14H10F3NO3/c1-20-13-12(6-5-10(8-19)18-13)9-3-2-4-11(7-9)21-14(15,16)17/h2-8H,1H3. The molecular formula is C14H10F3NO3. The van der Waals surface area contributed by atoms with Gasteiger partial charge in [-0.15, -0.1) is 13.2 Å². The van der Waals surface area contributed by atoms with Crippen molar-refractivity contribution in [1.29, 1.82) is 0 Å². The first-order valence-electron chi connectivity index (χ1n) is 5.79. The predicted octanol–water partition coefficient (Wildman–Crippen LogP) is 3.47. The summed E-state index contributed by atoms with van der Waals surface area (Å²) in [5, 5.41) is 0. The van der Waals surface area contributed by atoms with E-state index in [-0.39, 0.29) is 17.3 Å². The van der Waals surface area contributed by atoms with Crippen LogP contribution in [0.4, 0.5) is 13.2 Å². The highest BCUT2D eigenvalue weighted by Crippen LogP contribution is 2.32. The lowest BCUT2D eigenvalue weighted by molar-refractivity contribution is -0.274. The molecule has 1 heterocycles. The third-order valence-corrected chi connectivity index (χ3v) is 2.57. The van der Waals surface area contributed by atoms with E-state index in [1.54, 1.807) is 12.1 Å². The van der Waals surface area contributed by atoms with Crippen LogP contribution in [0.3, 0.4) is 0 Å². The Hall–Kier alpha value is -2.57. The molecule has 4 nitrogen and oxygen atoms in total. The molecule has 0 radical (unpaired) electrons. The van der Waals surface area contributed by atoms with Crippen molar-refractivity contribution in [3.63, 3.8) is 0 Å². The van der Waals surface area contributed by atoms with Gasteiger partial charge in [-0.05, 0) is 29.8 Å². The minimum Gasteiger partial charge on any atom is -0.481 e. The van der Waals surface area contributed by atoms with Gasteiger partial charge in [0.25, 0.3) is 0 Å². The van der Waals surface area contributed by atoms with Gasteiger partial charge in [0.05, 0.1) is 7.11 Å². The Labute approximate surface area is 118 Å². The minimum absolute atomic E-state index is 0.142. The van der Waals surface area contributed by atoms with Crippen molar-refractivity contribution in [2.45, 2.75) is 6.36 Å². The van der Waals surface area contributed by atoms with Gasteiger partial charge in [-0.1, -0.05) is 12.1 Å². The lowest BCUT2D eigenvalue weighted by Gasteiger charge is -2.11. The summed E-state index contributed by atoms with van der Waals surface area (Å²) in [5.41, 5.74) is 1.05. The van der Waals surface area contributed by atoms with Gasteiger partial charge in [0.1, 0.15) is 11.4 Å². The van der Waals surface area contributed by atoms with E-state index in [9.17, 15) is 18.0 Å². The summed E-state index contributed by atoms with van der Waals surface area (Å²) in [6.07, 6.45) is -4.21. The molecule has 0 bridgehead atoms. The molecule has 0 atom stereocenters. The molecule has 0 fully saturated rings. The zero-order valence-electron chi connectivity index (χ0n) is 10.8.